The van der Waals surface area contributed by atoms with Crippen LogP contribution in [0.15, 0.2) is 48.5 Å². The Balaban J connectivity index is 1.53. The summed E-state index contributed by atoms with van der Waals surface area (Å²) in [4.78, 5) is 16.6. The molecule has 1 saturated heterocycles. The molecule has 0 aliphatic carbocycles. The molecular formula is C22H24F4N2O2. The van der Waals surface area contributed by atoms with Gasteiger partial charge in [0.05, 0.1) is 5.56 Å². The minimum Gasteiger partial charge on any atom is -0.484 e. The van der Waals surface area contributed by atoms with Crippen molar-refractivity contribution in [2.75, 3.05) is 19.7 Å². The van der Waals surface area contributed by atoms with Gasteiger partial charge in [-0.15, -0.1) is 0 Å². The van der Waals surface area contributed by atoms with Gasteiger partial charge >= 0.3 is 6.18 Å². The van der Waals surface area contributed by atoms with Crippen LogP contribution >= 0.6 is 0 Å². The first-order valence-corrected chi connectivity index (χ1v) is 9.71. The zero-order valence-electron chi connectivity index (χ0n) is 16.8. The number of nitrogens with zero attached hydrogens (tertiary/aromatic N) is 2. The number of carbonyl (C=O) groups is 1. The number of ether oxygens (including phenoxy) is 1. The first-order valence-electron chi connectivity index (χ1n) is 9.71. The van der Waals surface area contributed by atoms with Gasteiger partial charge in [-0.3, -0.25) is 9.69 Å². The van der Waals surface area contributed by atoms with Crippen molar-refractivity contribution in [1.82, 2.24) is 9.80 Å². The third kappa shape index (κ3) is 5.50. The van der Waals surface area contributed by atoms with Crippen LogP contribution in [0.5, 0.6) is 5.75 Å². The summed E-state index contributed by atoms with van der Waals surface area (Å²) in [5, 5.41) is 0. The molecule has 0 spiro atoms. The Labute approximate surface area is 173 Å². The number of piperazine rings is 1. The number of hydrogen-bond donors (Lipinski definition) is 0. The zero-order valence-corrected chi connectivity index (χ0v) is 16.8. The molecule has 0 N–H and O–H groups in total. The summed E-state index contributed by atoms with van der Waals surface area (Å²) in [6.07, 6.45) is -4.41. The Kier molecular flexibility index (Phi) is 6.65. The number of carbonyl (C=O) groups excluding carboxylic acids is 1. The summed E-state index contributed by atoms with van der Waals surface area (Å²) in [6.45, 7) is 5.56. The SMILES string of the molecule is C[C@@H]1CN(Cc2ccc(F)cc2)[C@@H](C)CN1C(=O)COc1ccc(C(F)(F)F)cc1. The predicted molar refractivity (Wildman–Crippen MR) is 104 cm³/mol. The highest BCUT2D eigenvalue weighted by atomic mass is 19.4. The number of halogens is 4. The van der Waals surface area contributed by atoms with E-state index in [4.69, 9.17) is 4.74 Å². The normalized spacial score (nSPS) is 20.3. The lowest BCUT2D eigenvalue weighted by molar-refractivity contribution is -0.140. The second-order valence-corrected chi connectivity index (χ2v) is 7.61. The van der Waals surface area contributed by atoms with Crippen molar-refractivity contribution in [1.29, 1.82) is 0 Å². The molecule has 1 fully saturated rings. The fourth-order valence-electron chi connectivity index (χ4n) is 3.56. The minimum absolute atomic E-state index is 0.0506. The van der Waals surface area contributed by atoms with E-state index in [9.17, 15) is 22.4 Å². The summed E-state index contributed by atoms with van der Waals surface area (Å²) in [5.41, 5.74) is 0.238. The lowest BCUT2D eigenvalue weighted by Crippen LogP contribution is -2.58. The van der Waals surface area contributed by atoms with Gasteiger partial charge in [0.25, 0.3) is 5.91 Å². The van der Waals surface area contributed by atoms with Gasteiger partial charge in [0.2, 0.25) is 0 Å². The van der Waals surface area contributed by atoms with E-state index in [1.165, 1.54) is 24.3 Å². The zero-order chi connectivity index (χ0) is 21.9. The monoisotopic (exact) mass is 424 g/mol. The lowest BCUT2D eigenvalue weighted by Gasteiger charge is -2.44. The van der Waals surface area contributed by atoms with Crippen molar-refractivity contribution in [2.24, 2.45) is 0 Å². The Morgan fingerprint density at radius 3 is 2.23 bits per heavy atom. The summed E-state index contributed by atoms with van der Waals surface area (Å²) < 4.78 is 56.4. The van der Waals surface area contributed by atoms with Crippen molar-refractivity contribution in [3.8, 4) is 5.75 Å². The second-order valence-electron chi connectivity index (χ2n) is 7.61. The maximum Gasteiger partial charge on any atom is 0.416 e. The average molecular weight is 424 g/mol. The fourth-order valence-corrected chi connectivity index (χ4v) is 3.56. The van der Waals surface area contributed by atoms with Crippen molar-refractivity contribution in [2.45, 2.75) is 38.7 Å². The standard InChI is InChI=1S/C22H24F4N2O2/c1-15-12-28(16(2)11-27(15)13-17-3-7-19(23)8-4-17)21(29)14-30-20-9-5-18(6-10-20)22(24,25)26/h3-10,15-16H,11-14H2,1-2H3/t15-,16+/m0/s1. The van der Waals surface area contributed by atoms with Gasteiger partial charge < -0.3 is 9.64 Å². The molecule has 1 amide bonds. The first kappa shape index (κ1) is 22.1. The van der Waals surface area contributed by atoms with E-state index in [-0.39, 0.29) is 36.2 Å². The minimum atomic E-state index is -4.41. The Hall–Kier alpha value is -2.61. The molecule has 4 nitrogen and oxygen atoms in total. The molecule has 0 aromatic heterocycles. The topological polar surface area (TPSA) is 32.8 Å². The van der Waals surface area contributed by atoms with Crippen molar-refractivity contribution >= 4 is 5.91 Å². The molecule has 1 heterocycles. The summed E-state index contributed by atoms with van der Waals surface area (Å²) in [5.74, 6) is -0.272. The van der Waals surface area contributed by atoms with Crippen LogP contribution in [0.4, 0.5) is 17.6 Å². The van der Waals surface area contributed by atoms with E-state index in [1.54, 1.807) is 17.0 Å². The molecule has 2 aromatic carbocycles. The van der Waals surface area contributed by atoms with Gasteiger partial charge in [-0.1, -0.05) is 12.1 Å². The first-order chi connectivity index (χ1) is 14.1. The van der Waals surface area contributed by atoms with E-state index in [1.807, 2.05) is 13.8 Å². The van der Waals surface area contributed by atoms with Crippen molar-refractivity contribution in [3.63, 3.8) is 0 Å². The molecule has 0 unspecified atom stereocenters. The third-order valence-electron chi connectivity index (χ3n) is 5.28. The fraction of sp³-hybridized carbons (Fsp3) is 0.409. The predicted octanol–water partition coefficient (Wildman–Crippen LogP) is 4.34. The number of amides is 1. The number of benzene rings is 2. The van der Waals surface area contributed by atoms with Gasteiger partial charge in [-0.25, -0.2) is 4.39 Å². The summed E-state index contributed by atoms with van der Waals surface area (Å²) in [7, 11) is 0. The van der Waals surface area contributed by atoms with E-state index >= 15 is 0 Å². The average Bonchev–Trinajstić information content (AvgIpc) is 2.70. The molecule has 2 atom stereocenters. The highest BCUT2D eigenvalue weighted by molar-refractivity contribution is 5.78. The molecule has 0 radical (unpaired) electrons. The molecular weight excluding hydrogens is 400 g/mol. The Morgan fingerprint density at radius 2 is 1.63 bits per heavy atom. The lowest BCUT2D eigenvalue weighted by atomic mass is 10.1. The van der Waals surface area contributed by atoms with Crippen LogP contribution in [-0.2, 0) is 17.5 Å². The number of rotatable bonds is 5. The Bertz CT molecular complexity index is 853. The maximum absolute atomic E-state index is 13.1. The van der Waals surface area contributed by atoms with E-state index < -0.39 is 11.7 Å². The number of alkyl halides is 3. The molecule has 3 rings (SSSR count). The van der Waals surface area contributed by atoms with Crippen LogP contribution in [-0.4, -0.2) is 47.5 Å². The largest absolute Gasteiger partial charge is 0.484 e. The van der Waals surface area contributed by atoms with Crippen LogP contribution < -0.4 is 4.74 Å². The maximum atomic E-state index is 13.1. The van der Waals surface area contributed by atoms with E-state index in [2.05, 4.69) is 4.90 Å². The van der Waals surface area contributed by atoms with Crippen LogP contribution in [0.1, 0.15) is 25.0 Å². The quantitative estimate of drug-likeness (QED) is 0.670. The molecule has 30 heavy (non-hydrogen) atoms. The molecule has 8 heteroatoms. The summed E-state index contributed by atoms with van der Waals surface area (Å²) >= 11 is 0. The van der Waals surface area contributed by atoms with Crippen LogP contribution in [0.2, 0.25) is 0 Å². The van der Waals surface area contributed by atoms with Crippen LogP contribution in [0.3, 0.4) is 0 Å². The van der Waals surface area contributed by atoms with Crippen LogP contribution in [0, 0.1) is 5.82 Å². The van der Waals surface area contributed by atoms with Crippen LogP contribution in [0.25, 0.3) is 0 Å². The van der Waals surface area contributed by atoms with Gasteiger partial charge in [-0.2, -0.15) is 13.2 Å². The molecule has 2 aromatic rings. The van der Waals surface area contributed by atoms with Gasteiger partial charge in [0.15, 0.2) is 6.61 Å². The second kappa shape index (κ2) is 9.04. The molecule has 0 bridgehead atoms. The summed E-state index contributed by atoms with van der Waals surface area (Å²) in [6, 6.07) is 10.7. The number of hydrogen-bond acceptors (Lipinski definition) is 3. The highest BCUT2D eigenvalue weighted by Crippen LogP contribution is 2.30. The molecule has 0 saturated carbocycles. The van der Waals surface area contributed by atoms with Gasteiger partial charge in [0, 0.05) is 31.7 Å². The van der Waals surface area contributed by atoms with E-state index in [0.717, 1.165) is 17.7 Å². The van der Waals surface area contributed by atoms with Crippen molar-refractivity contribution < 1.29 is 27.1 Å². The third-order valence-corrected chi connectivity index (χ3v) is 5.28. The smallest absolute Gasteiger partial charge is 0.416 e. The highest BCUT2D eigenvalue weighted by Gasteiger charge is 2.32. The van der Waals surface area contributed by atoms with Gasteiger partial charge in [-0.05, 0) is 55.8 Å². The molecule has 1 aliphatic heterocycles. The molecule has 162 valence electrons. The van der Waals surface area contributed by atoms with Crippen molar-refractivity contribution in [3.05, 3.63) is 65.5 Å². The Morgan fingerprint density at radius 1 is 1.00 bits per heavy atom. The van der Waals surface area contributed by atoms with E-state index in [0.29, 0.717) is 19.6 Å². The molecule has 1 aliphatic rings. The van der Waals surface area contributed by atoms with Gasteiger partial charge in [0.1, 0.15) is 11.6 Å².